The molecule has 3 nitrogen and oxygen atoms in total. The average Bonchev–Trinajstić information content (AvgIpc) is 2.16. The molecule has 0 bridgehead atoms. The molecule has 5 heteroatoms. The van der Waals surface area contributed by atoms with Crippen LogP contribution < -0.4 is 5.32 Å². The first kappa shape index (κ1) is 10.0. The van der Waals surface area contributed by atoms with Gasteiger partial charge in [0.05, 0.1) is 5.56 Å². The molecule has 1 saturated carbocycles. The van der Waals surface area contributed by atoms with E-state index in [2.05, 4.69) is 10.3 Å². The van der Waals surface area contributed by atoms with Crippen molar-refractivity contribution in [2.45, 2.75) is 24.8 Å². The number of carbonyl (C=O) groups excluding carboxylic acids is 1. The van der Waals surface area contributed by atoms with Crippen molar-refractivity contribution in [3.63, 3.8) is 0 Å². The number of alkyl halides is 2. The van der Waals surface area contributed by atoms with Crippen molar-refractivity contribution in [3.8, 4) is 0 Å². The Morgan fingerprint density at radius 3 is 2.80 bits per heavy atom. The Morgan fingerprint density at radius 1 is 1.53 bits per heavy atom. The number of hydrogen-bond donors (Lipinski definition) is 1. The van der Waals surface area contributed by atoms with Crippen LogP contribution in [-0.4, -0.2) is 22.9 Å². The van der Waals surface area contributed by atoms with Crippen LogP contribution in [0, 0.1) is 0 Å². The highest BCUT2D eigenvalue weighted by atomic mass is 19.3. The quantitative estimate of drug-likeness (QED) is 0.809. The molecule has 1 fully saturated rings. The molecule has 1 aromatic heterocycles. The van der Waals surface area contributed by atoms with Gasteiger partial charge in [-0.15, -0.1) is 0 Å². The first-order chi connectivity index (χ1) is 7.07. The molecule has 80 valence electrons. The summed E-state index contributed by atoms with van der Waals surface area (Å²) in [4.78, 5) is 15.2. The van der Waals surface area contributed by atoms with Gasteiger partial charge in [-0.3, -0.25) is 9.78 Å². The zero-order valence-corrected chi connectivity index (χ0v) is 7.91. The van der Waals surface area contributed by atoms with Crippen LogP contribution in [0.2, 0.25) is 0 Å². The lowest BCUT2D eigenvalue weighted by atomic mass is 9.88. The summed E-state index contributed by atoms with van der Waals surface area (Å²) in [5.41, 5.74) is 0.396. The number of amides is 1. The van der Waals surface area contributed by atoms with Crippen LogP contribution in [0.25, 0.3) is 0 Å². The summed E-state index contributed by atoms with van der Waals surface area (Å²) >= 11 is 0. The average molecular weight is 212 g/mol. The van der Waals surface area contributed by atoms with Crippen molar-refractivity contribution in [2.75, 3.05) is 0 Å². The van der Waals surface area contributed by atoms with Crippen LogP contribution in [0.1, 0.15) is 23.2 Å². The fraction of sp³-hybridized carbons (Fsp3) is 0.400. The van der Waals surface area contributed by atoms with Crippen molar-refractivity contribution in [1.82, 2.24) is 10.3 Å². The second kappa shape index (κ2) is 3.56. The SMILES string of the molecule is O=C(NC1CC(F)(F)C1)c1cccnc1. The molecule has 0 aliphatic heterocycles. The van der Waals surface area contributed by atoms with Gasteiger partial charge in [0.1, 0.15) is 0 Å². The lowest BCUT2D eigenvalue weighted by Crippen LogP contribution is -2.50. The topological polar surface area (TPSA) is 42.0 Å². The standard InChI is InChI=1S/C10H10F2N2O/c11-10(12)4-8(5-10)14-9(15)7-2-1-3-13-6-7/h1-3,6,8H,4-5H2,(H,14,15). The van der Waals surface area contributed by atoms with E-state index in [0.717, 1.165) is 0 Å². The van der Waals surface area contributed by atoms with Crippen molar-refractivity contribution < 1.29 is 13.6 Å². The summed E-state index contributed by atoms with van der Waals surface area (Å²) in [6, 6.07) is 2.82. The maximum atomic E-state index is 12.5. The minimum atomic E-state index is -2.60. The van der Waals surface area contributed by atoms with Gasteiger partial charge >= 0.3 is 0 Å². The second-order valence-electron chi connectivity index (χ2n) is 3.68. The second-order valence-corrected chi connectivity index (χ2v) is 3.68. The van der Waals surface area contributed by atoms with Crippen molar-refractivity contribution in [2.24, 2.45) is 0 Å². The third kappa shape index (κ3) is 2.29. The van der Waals surface area contributed by atoms with Crippen LogP contribution in [0.3, 0.4) is 0 Å². The smallest absolute Gasteiger partial charge is 0.253 e. The molecule has 0 unspecified atom stereocenters. The van der Waals surface area contributed by atoms with E-state index >= 15 is 0 Å². The number of pyridine rings is 1. The zero-order valence-electron chi connectivity index (χ0n) is 7.91. The molecule has 0 aromatic carbocycles. The van der Waals surface area contributed by atoms with Gasteiger partial charge in [-0.05, 0) is 12.1 Å². The van der Waals surface area contributed by atoms with Gasteiger partial charge in [-0.25, -0.2) is 8.78 Å². The Bertz CT molecular complexity index is 359. The number of carbonyl (C=O) groups is 1. The molecule has 1 heterocycles. The van der Waals surface area contributed by atoms with E-state index < -0.39 is 12.0 Å². The van der Waals surface area contributed by atoms with Crippen molar-refractivity contribution >= 4 is 5.91 Å². The van der Waals surface area contributed by atoms with E-state index in [0.29, 0.717) is 5.56 Å². The molecule has 0 saturated heterocycles. The number of aromatic nitrogens is 1. The highest BCUT2D eigenvalue weighted by Gasteiger charge is 2.45. The fourth-order valence-corrected chi connectivity index (χ4v) is 1.53. The number of halogens is 2. The first-order valence-electron chi connectivity index (χ1n) is 4.65. The Hall–Kier alpha value is -1.52. The highest BCUT2D eigenvalue weighted by molar-refractivity contribution is 5.94. The first-order valence-corrected chi connectivity index (χ1v) is 4.65. The third-order valence-corrected chi connectivity index (χ3v) is 2.35. The largest absolute Gasteiger partial charge is 0.349 e. The van der Waals surface area contributed by atoms with Crippen LogP contribution in [0.5, 0.6) is 0 Å². The summed E-state index contributed by atoms with van der Waals surface area (Å²) in [5, 5.41) is 2.53. The number of hydrogen-bond acceptors (Lipinski definition) is 2. The Balaban J connectivity index is 1.89. The summed E-state index contributed by atoms with van der Waals surface area (Å²) < 4.78 is 25.0. The van der Waals surface area contributed by atoms with Gasteiger partial charge in [0.25, 0.3) is 11.8 Å². The Morgan fingerprint density at radius 2 is 2.27 bits per heavy atom. The molecule has 0 spiro atoms. The number of nitrogens with one attached hydrogen (secondary N) is 1. The van der Waals surface area contributed by atoms with Gasteiger partial charge < -0.3 is 5.32 Å². The van der Waals surface area contributed by atoms with Crippen LogP contribution in [0.4, 0.5) is 8.78 Å². The third-order valence-electron chi connectivity index (χ3n) is 2.35. The van der Waals surface area contributed by atoms with E-state index in [1.54, 1.807) is 18.3 Å². The summed E-state index contributed by atoms with van der Waals surface area (Å²) in [6.07, 6.45) is 2.43. The van der Waals surface area contributed by atoms with Crippen LogP contribution in [0.15, 0.2) is 24.5 Å². The zero-order chi connectivity index (χ0) is 10.9. The molecule has 0 atom stereocenters. The molecule has 1 N–H and O–H groups in total. The maximum absolute atomic E-state index is 12.5. The highest BCUT2D eigenvalue weighted by Crippen LogP contribution is 2.37. The molecule has 2 rings (SSSR count). The minimum Gasteiger partial charge on any atom is -0.349 e. The van der Waals surface area contributed by atoms with E-state index in [-0.39, 0.29) is 18.7 Å². The molecule has 0 radical (unpaired) electrons. The van der Waals surface area contributed by atoms with Gasteiger partial charge in [0.2, 0.25) is 0 Å². The van der Waals surface area contributed by atoms with E-state index in [9.17, 15) is 13.6 Å². The van der Waals surface area contributed by atoms with Gasteiger partial charge in [-0.2, -0.15) is 0 Å². The number of nitrogens with zero attached hydrogens (tertiary/aromatic N) is 1. The molecule has 1 aromatic rings. The molecular weight excluding hydrogens is 202 g/mol. The predicted molar refractivity (Wildman–Crippen MR) is 49.7 cm³/mol. The van der Waals surface area contributed by atoms with Crippen LogP contribution >= 0.6 is 0 Å². The summed E-state index contributed by atoms with van der Waals surface area (Å²) in [5.74, 6) is -2.95. The lowest BCUT2D eigenvalue weighted by Gasteiger charge is -2.35. The van der Waals surface area contributed by atoms with Crippen LogP contribution in [-0.2, 0) is 0 Å². The Labute approximate surface area is 85.5 Å². The molecule has 1 aliphatic rings. The van der Waals surface area contributed by atoms with E-state index in [4.69, 9.17) is 0 Å². The lowest BCUT2D eigenvalue weighted by molar-refractivity contribution is -0.0901. The monoisotopic (exact) mass is 212 g/mol. The maximum Gasteiger partial charge on any atom is 0.253 e. The summed E-state index contributed by atoms with van der Waals surface area (Å²) in [6.45, 7) is 0. The normalized spacial score (nSPS) is 19.3. The van der Waals surface area contributed by atoms with Crippen molar-refractivity contribution in [3.05, 3.63) is 30.1 Å². The molecular formula is C10H10F2N2O. The molecule has 1 aliphatic carbocycles. The molecule has 1 amide bonds. The molecule has 15 heavy (non-hydrogen) atoms. The van der Waals surface area contributed by atoms with Gasteiger partial charge in [-0.1, -0.05) is 0 Å². The minimum absolute atomic E-state index is 0.265. The Kier molecular flexibility index (Phi) is 2.38. The summed E-state index contributed by atoms with van der Waals surface area (Å²) in [7, 11) is 0. The van der Waals surface area contributed by atoms with Gasteiger partial charge in [0, 0.05) is 31.3 Å². The number of rotatable bonds is 2. The fourth-order valence-electron chi connectivity index (χ4n) is 1.53. The van der Waals surface area contributed by atoms with E-state index in [1.165, 1.54) is 6.20 Å². The van der Waals surface area contributed by atoms with Crippen molar-refractivity contribution in [1.29, 1.82) is 0 Å². The van der Waals surface area contributed by atoms with Gasteiger partial charge in [0.15, 0.2) is 0 Å². The predicted octanol–water partition coefficient (Wildman–Crippen LogP) is 1.61. The van der Waals surface area contributed by atoms with E-state index in [1.807, 2.05) is 0 Å².